The van der Waals surface area contributed by atoms with Gasteiger partial charge in [-0.25, -0.2) is 0 Å². The Morgan fingerprint density at radius 2 is 1.78 bits per heavy atom. The second kappa shape index (κ2) is 5.85. The Bertz CT molecular complexity index is 973. The Labute approximate surface area is 133 Å². The van der Waals surface area contributed by atoms with E-state index in [0.29, 0.717) is 10.9 Å². The summed E-state index contributed by atoms with van der Waals surface area (Å²) in [6.07, 6.45) is 0.824. The minimum Gasteiger partial charge on any atom is -0.493 e. The minimum absolute atomic E-state index is 0.0674. The lowest BCUT2D eigenvalue weighted by molar-refractivity contribution is 0.459. The summed E-state index contributed by atoms with van der Waals surface area (Å²) in [6, 6.07) is 13.5. The van der Waals surface area contributed by atoms with Crippen LogP contribution in [0.5, 0.6) is 5.88 Å². The van der Waals surface area contributed by atoms with Crippen LogP contribution in [0.2, 0.25) is 0 Å². The lowest BCUT2D eigenvalue weighted by Crippen LogP contribution is -1.95. The topological polar surface area (TPSA) is 94.9 Å². The van der Waals surface area contributed by atoms with E-state index >= 15 is 0 Å². The number of aromatic nitrogens is 1. The fraction of sp³-hybridized carbons (Fsp3) is 0.125. The van der Waals surface area contributed by atoms with Crippen molar-refractivity contribution in [2.75, 3.05) is 0 Å². The zero-order valence-corrected chi connectivity index (χ0v) is 13.2. The van der Waals surface area contributed by atoms with Crippen molar-refractivity contribution in [1.82, 2.24) is 4.98 Å². The summed E-state index contributed by atoms with van der Waals surface area (Å²) in [7, 11) is -3.91. The number of aromatic hydroxyl groups is 1. The smallest absolute Gasteiger partial charge is 0.299 e. The van der Waals surface area contributed by atoms with Gasteiger partial charge >= 0.3 is 0 Å². The summed E-state index contributed by atoms with van der Waals surface area (Å²) < 4.78 is 27.9. The average molecular weight is 329 g/mol. The molecule has 0 aliphatic heterocycles. The van der Waals surface area contributed by atoms with Gasteiger partial charge in [-0.15, -0.1) is 5.11 Å². The molecule has 3 aromatic rings. The van der Waals surface area contributed by atoms with Crippen LogP contribution in [-0.4, -0.2) is 18.5 Å². The van der Waals surface area contributed by atoms with Crippen LogP contribution in [0.1, 0.15) is 12.5 Å². The number of hydrogen-bond acceptors (Lipinski definition) is 4. The lowest BCUT2D eigenvalue weighted by atomic mass is 10.2. The second-order valence-corrected chi connectivity index (χ2v) is 6.61. The van der Waals surface area contributed by atoms with Gasteiger partial charge < -0.3 is 10.1 Å². The Hall–Kier alpha value is -2.67. The number of nitrogens with one attached hydrogen (secondary N) is 1. The average Bonchev–Trinajstić information content (AvgIpc) is 2.88. The van der Waals surface area contributed by atoms with Gasteiger partial charge in [0.1, 0.15) is 0 Å². The summed E-state index contributed by atoms with van der Waals surface area (Å²) in [6.45, 7) is 1.99. The standard InChI is InChI=1S/C16H15N3O3S/c1-2-11-7-9-12(10-8-11)23(21,22)19-18-15-13-5-3-4-6-14(13)17-16(15)20/h3-10,17,20H,2H2,1H3. The summed E-state index contributed by atoms with van der Waals surface area (Å²) in [5, 5.41) is 14.2. The molecule has 23 heavy (non-hydrogen) atoms. The zero-order chi connectivity index (χ0) is 16.4. The number of sulfonamides is 1. The Kier molecular flexibility index (Phi) is 3.87. The van der Waals surface area contributed by atoms with Crippen LogP contribution in [0, 0.1) is 0 Å². The maximum Gasteiger partial charge on any atom is 0.299 e. The summed E-state index contributed by atoms with van der Waals surface area (Å²) in [5.74, 6) is -0.216. The van der Waals surface area contributed by atoms with E-state index in [1.54, 1.807) is 36.4 Å². The molecule has 0 saturated carbocycles. The molecule has 0 bridgehead atoms. The number of aryl methyl sites for hydroxylation is 1. The Morgan fingerprint density at radius 3 is 2.48 bits per heavy atom. The van der Waals surface area contributed by atoms with Crippen LogP contribution in [-0.2, 0) is 16.4 Å². The van der Waals surface area contributed by atoms with Gasteiger partial charge in [-0.05, 0) is 30.2 Å². The zero-order valence-electron chi connectivity index (χ0n) is 12.4. The van der Waals surface area contributed by atoms with E-state index in [1.807, 2.05) is 6.92 Å². The lowest BCUT2D eigenvalue weighted by Gasteiger charge is -1.99. The van der Waals surface area contributed by atoms with Gasteiger partial charge in [-0.1, -0.05) is 41.8 Å². The van der Waals surface area contributed by atoms with Crippen LogP contribution in [0.3, 0.4) is 0 Å². The van der Waals surface area contributed by atoms with Crippen LogP contribution >= 0.6 is 0 Å². The molecule has 0 unspecified atom stereocenters. The van der Waals surface area contributed by atoms with Crippen molar-refractivity contribution in [2.24, 2.45) is 9.63 Å². The van der Waals surface area contributed by atoms with Gasteiger partial charge in [0.25, 0.3) is 10.0 Å². The van der Waals surface area contributed by atoms with E-state index in [4.69, 9.17) is 0 Å². The normalized spacial score (nSPS) is 12.2. The molecule has 118 valence electrons. The van der Waals surface area contributed by atoms with Gasteiger partial charge in [-0.2, -0.15) is 8.42 Å². The summed E-state index contributed by atoms with van der Waals surface area (Å²) in [5.41, 5.74) is 1.80. The van der Waals surface area contributed by atoms with Crippen LogP contribution in [0.25, 0.3) is 10.9 Å². The van der Waals surface area contributed by atoms with Gasteiger partial charge in [0, 0.05) is 5.39 Å². The number of para-hydroxylation sites is 1. The molecule has 0 aliphatic rings. The molecule has 0 aliphatic carbocycles. The van der Waals surface area contributed by atoms with Crippen LogP contribution in [0.15, 0.2) is 63.1 Å². The van der Waals surface area contributed by atoms with Crippen molar-refractivity contribution >= 4 is 26.6 Å². The third-order valence-corrected chi connectivity index (χ3v) is 4.70. The van der Waals surface area contributed by atoms with Gasteiger partial charge in [0.15, 0.2) is 5.69 Å². The first-order valence-corrected chi connectivity index (χ1v) is 8.52. The number of H-pyrrole nitrogens is 1. The predicted molar refractivity (Wildman–Crippen MR) is 87.5 cm³/mol. The number of fused-ring (bicyclic) bond motifs is 1. The van der Waals surface area contributed by atoms with E-state index < -0.39 is 10.0 Å². The second-order valence-electron chi connectivity index (χ2n) is 5.02. The molecule has 7 heteroatoms. The molecule has 1 aromatic heterocycles. The molecule has 0 radical (unpaired) electrons. The molecule has 0 fully saturated rings. The van der Waals surface area contributed by atoms with Gasteiger partial charge in [0.05, 0.1) is 10.4 Å². The van der Waals surface area contributed by atoms with Crippen molar-refractivity contribution in [3.8, 4) is 5.88 Å². The van der Waals surface area contributed by atoms with Crippen LogP contribution in [0.4, 0.5) is 5.69 Å². The maximum atomic E-state index is 12.2. The number of hydrogen-bond donors (Lipinski definition) is 2. The van der Waals surface area contributed by atoms with Crippen molar-refractivity contribution in [3.05, 3.63) is 54.1 Å². The summed E-state index contributed by atoms with van der Waals surface area (Å²) >= 11 is 0. The fourth-order valence-corrected chi connectivity index (χ4v) is 3.02. The number of rotatable bonds is 4. The van der Waals surface area contributed by atoms with E-state index in [0.717, 1.165) is 12.0 Å². The number of nitrogens with zero attached hydrogens (tertiary/aromatic N) is 2. The third kappa shape index (κ3) is 2.95. The highest BCUT2D eigenvalue weighted by atomic mass is 32.2. The SMILES string of the molecule is CCc1ccc(S(=O)(=O)N=Nc2c(O)[nH]c3ccccc23)cc1. The molecule has 6 nitrogen and oxygen atoms in total. The largest absolute Gasteiger partial charge is 0.493 e. The molecule has 2 aromatic carbocycles. The third-order valence-electron chi connectivity index (χ3n) is 3.54. The van der Waals surface area contributed by atoms with Gasteiger partial charge in [-0.3, -0.25) is 0 Å². The monoisotopic (exact) mass is 329 g/mol. The highest BCUT2D eigenvalue weighted by Gasteiger charge is 2.15. The van der Waals surface area contributed by atoms with E-state index in [-0.39, 0.29) is 16.5 Å². The Balaban J connectivity index is 1.98. The van der Waals surface area contributed by atoms with E-state index in [9.17, 15) is 13.5 Å². The molecule has 0 saturated heterocycles. The first-order valence-electron chi connectivity index (χ1n) is 7.08. The van der Waals surface area contributed by atoms with Crippen LogP contribution < -0.4 is 0 Å². The highest BCUT2D eigenvalue weighted by Crippen LogP contribution is 2.35. The molecular weight excluding hydrogens is 314 g/mol. The van der Waals surface area contributed by atoms with Gasteiger partial charge in [0.2, 0.25) is 5.88 Å². The molecular formula is C16H15N3O3S. The van der Waals surface area contributed by atoms with Crippen molar-refractivity contribution in [3.63, 3.8) is 0 Å². The molecule has 0 atom stereocenters. The van der Waals surface area contributed by atoms with Crippen molar-refractivity contribution in [1.29, 1.82) is 0 Å². The number of benzene rings is 2. The fourth-order valence-electron chi connectivity index (χ4n) is 2.25. The maximum absolute atomic E-state index is 12.2. The first kappa shape index (κ1) is 15.2. The predicted octanol–water partition coefficient (Wildman–Crippen LogP) is 3.91. The van der Waals surface area contributed by atoms with Crippen molar-refractivity contribution < 1.29 is 13.5 Å². The molecule has 0 amide bonds. The highest BCUT2D eigenvalue weighted by molar-refractivity contribution is 7.90. The summed E-state index contributed by atoms with van der Waals surface area (Å²) in [4.78, 5) is 2.79. The first-order chi connectivity index (χ1) is 11.0. The molecule has 1 heterocycles. The molecule has 0 spiro atoms. The quantitative estimate of drug-likeness (QED) is 0.710. The Morgan fingerprint density at radius 1 is 1.09 bits per heavy atom. The number of aromatic amines is 1. The molecule has 3 rings (SSSR count). The molecule has 2 N–H and O–H groups in total. The van der Waals surface area contributed by atoms with Crippen molar-refractivity contribution in [2.45, 2.75) is 18.2 Å². The van der Waals surface area contributed by atoms with E-state index in [2.05, 4.69) is 14.6 Å². The minimum atomic E-state index is -3.91. The van der Waals surface area contributed by atoms with E-state index in [1.165, 1.54) is 12.1 Å².